The molecule has 8 nitrogen and oxygen atoms in total. The van der Waals surface area contributed by atoms with Gasteiger partial charge in [0.1, 0.15) is 5.60 Å². The summed E-state index contributed by atoms with van der Waals surface area (Å²) in [7, 11) is -5.93. The van der Waals surface area contributed by atoms with Crippen molar-refractivity contribution in [3.8, 4) is 0 Å². The molecule has 2 aliphatic carbocycles. The number of carbonyl (C=O) groups is 2. The number of nitrogens with zero attached hydrogens (tertiary/aromatic N) is 1. The van der Waals surface area contributed by atoms with Crippen LogP contribution in [0.1, 0.15) is 93.9 Å². The van der Waals surface area contributed by atoms with Crippen molar-refractivity contribution in [3.05, 3.63) is 12.2 Å². The summed E-state index contributed by atoms with van der Waals surface area (Å²) in [5.74, 6) is -4.44. The lowest BCUT2D eigenvalue weighted by atomic mass is 9.69. The summed E-state index contributed by atoms with van der Waals surface area (Å²) in [6, 6.07) is -2.18. The number of rotatable bonds is 10. The van der Waals surface area contributed by atoms with Crippen LogP contribution in [-0.2, 0) is 24.0 Å². The first-order valence-corrected chi connectivity index (χ1v) is 19.6. The SMILES string of the molecule is CC(C)(C)OC(=O)N[C@@H](CCCCO[Si](C)(C)C(C)(C)C)C(F)(F)/C=C/C(=O)N1[C@@H]2C[C@H]3CC[C@]2(CS1(=O)=O)C3(C)C. The van der Waals surface area contributed by atoms with Crippen molar-refractivity contribution in [2.24, 2.45) is 16.7 Å². The number of alkyl halides is 2. The molecule has 0 aromatic carbocycles. The van der Waals surface area contributed by atoms with Gasteiger partial charge in [-0.1, -0.05) is 34.6 Å². The molecule has 1 aliphatic heterocycles. The number of amides is 2. The summed E-state index contributed by atoms with van der Waals surface area (Å²) in [6.45, 7) is 20.1. The minimum Gasteiger partial charge on any atom is -0.444 e. The third-order valence-electron chi connectivity index (χ3n) is 10.4. The second kappa shape index (κ2) is 11.4. The van der Waals surface area contributed by atoms with Gasteiger partial charge in [-0.15, -0.1) is 0 Å². The van der Waals surface area contributed by atoms with Crippen molar-refractivity contribution in [1.82, 2.24) is 9.62 Å². The molecular weight excluding hydrogens is 582 g/mol. The smallest absolute Gasteiger partial charge is 0.408 e. The number of unbranched alkanes of at least 4 members (excludes halogenated alkanes) is 1. The van der Waals surface area contributed by atoms with Gasteiger partial charge in [0.05, 0.1) is 17.8 Å². The van der Waals surface area contributed by atoms with Crippen LogP contribution in [-0.4, -0.2) is 69.0 Å². The Bertz CT molecular complexity index is 1180. The van der Waals surface area contributed by atoms with Crippen molar-refractivity contribution >= 4 is 30.3 Å². The van der Waals surface area contributed by atoms with Gasteiger partial charge >= 0.3 is 6.09 Å². The molecule has 3 fully saturated rings. The Labute approximate surface area is 252 Å². The van der Waals surface area contributed by atoms with Crippen LogP contribution in [0.15, 0.2) is 12.2 Å². The molecule has 12 heteroatoms. The van der Waals surface area contributed by atoms with E-state index in [2.05, 4.69) is 53.0 Å². The van der Waals surface area contributed by atoms with E-state index in [4.69, 9.17) is 9.16 Å². The topological polar surface area (TPSA) is 102 Å². The molecule has 1 N–H and O–H groups in total. The number of hydrogen-bond acceptors (Lipinski definition) is 6. The molecule has 3 rings (SSSR count). The van der Waals surface area contributed by atoms with E-state index in [-0.39, 0.29) is 22.6 Å². The number of ether oxygens (including phenoxy) is 1. The van der Waals surface area contributed by atoms with Gasteiger partial charge in [0.25, 0.3) is 11.8 Å². The summed E-state index contributed by atoms with van der Waals surface area (Å²) in [5.41, 5.74) is -1.68. The van der Waals surface area contributed by atoms with Crippen molar-refractivity contribution in [1.29, 1.82) is 0 Å². The molecule has 4 atom stereocenters. The molecule has 2 bridgehead atoms. The number of hydrogen-bond donors (Lipinski definition) is 1. The van der Waals surface area contributed by atoms with Crippen molar-refractivity contribution in [2.45, 2.75) is 136 Å². The molecule has 1 saturated heterocycles. The van der Waals surface area contributed by atoms with Crippen LogP contribution < -0.4 is 5.32 Å². The van der Waals surface area contributed by atoms with E-state index in [0.29, 0.717) is 50.4 Å². The Balaban J connectivity index is 1.73. The third-order valence-corrected chi connectivity index (χ3v) is 16.8. The quantitative estimate of drug-likeness (QED) is 0.164. The van der Waals surface area contributed by atoms with Gasteiger partial charge in [-0.05, 0) is 94.8 Å². The van der Waals surface area contributed by atoms with Crippen LogP contribution >= 0.6 is 0 Å². The van der Waals surface area contributed by atoms with Crippen LogP contribution in [0.3, 0.4) is 0 Å². The molecule has 0 aromatic rings. The highest BCUT2D eigenvalue weighted by Gasteiger charge is 2.72. The lowest BCUT2D eigenvalue weighted by Gasteiger charge is -2.36. The van der Waals surface area contributed by atoms with Gasteiger partial charge < -0.3 is 14.5 Å². The average Bonchev–Trinajstić information content (AvgIpc) is 3.27. The molecule has 1 heterocycles. The van der Waals surface area contributed by atoms with E-state index in [9.17, 15) is 18.0 Å². The zero-order valence-corrected chi connectivity index (χ0v) is 28.9. The predicted molar refractivity (Wildman–Crippen MR) is 162 cm³/mol. The Morgan fingerprint density at radius 2 is 1.74 bits per heavy atom. The van der Waals surface area contributed by atoms with Crippen molar-refractivity contribution < 1.29 is 36.0 Å². The standard InChI is InChI=1S/C30H52F2N2O6SSi/c1-26(2,3)40-25(36)33-22(13-11-12-18-39-42(9,10)27(4,5)6)30(31,32)17-15-24(35)34-23-19-21-14-16-29(23,28(21,7)8)20-41(34,37)38/h15,17,21-23H,11-14,16,18-20H2,1-10H3,(H,33,36)/b17-15+/t21-,22+,23-,29-/m1/s1. The molecule has 2 amide bonds. The predicted octanol–water partition coefficient (Wildman–Crippen LogP) is 6.63. The zero-order valence-electron chi connectivity index (χ0n) is 27.1. The van der Waals surface area contributed by atoms with E-state index < -0.39 is 59.4 Å². The Hall–Kier alpha value is -1.53. The minimum absolute atomic E-state index is 0.0223. The Morgan fingerprint density at radius 1 is 1.12 bits per heavy atom. The first kappa shape index (κ1) is 35.0. The lowest BCUT2D eigenvalue weighted by Crippen LogP contribution is -2.48. The minimum atomic E-state index is -3.94. The van der Waals surface area contributed by atoms with Crippen molar-refractivity contribution in [3.63, 3.8) is 0 Å². The van der Waals surface area contributed by atoms with Gasteiger partial charge in [-0.3, -0.25) is 4.79 Å². The fraction of sp³-hybridized carbons (Fsp3) is 0.867. The van der Waals surface area contributed by atoms with Crippen LogP contribution in [0, 0.1) is 16.7 Å². The maximum atomic E-state index is 15.6. The maximum Gasteiger partial charge on any atom is 0.408 e. The Kier molecular flexibility index (Phi) is 9.52. The van der Waals surface area contributed by atoms with Crippen LogP contribution in [0.5, 0.6) is 0 Å². The molecule has 42 heavy (non-hydrogen) atoms. The number of carbonyl (C=O) groups excluding carboxylic acids is 2. The van der Waals surface area contributed by atoms with Crippen LogP contribution in [0.25, 0.3) is 0 Å². The third kappa shape index (κ3) is 6.90. The van der Waals surface area contributed by atoms with Crippen molar-refractivity contribution in [2.75, 3.05) is 12.4 Å². The lowest BCUT2D eigenvalue weighted by molar-refractivity contribution is -0.124. The molecule has 3 aliphatic rings. The molecule has 0 aromatic heterocycles. The van der Waals surface area contributed by atoms with Gasteiger partial charge in [0.2, 0.25) is 10.0 Å². The Morgan fingerprint density at radius 3 is 2.29 bits per heavy atom. The highest BCUT2D eigenvalue weighted by atomic mass is 32.2. The number of fused-ring (bicyclic) bond motifs is 1. The van der Waals surface area contributed by atoms with Gasteiger partial charge in [0, 0.05) is 18.1 Å². The maximum absolute atomic E-state index is 15.6. The first-order valence-electron chi connectivity index (χ1n) is 15.1. The zero-order chi connectivity index (χ0) is 32.2. The summed E-state index contributed by atoms with van der Waals surface area (Å²) in [5, 5.41) is 2.31. The van der Waals surface area contributed by atoms with Crippen LogP contribution in [0.2, 0.25) is 18.1 Å². The number of halogens is 2. The number of nitrogens with one attached hydrogen (secondary N) is 1. The molecule has 0 unspecified atom stereocenters. The molecular formula is C30H52F2N2O6SSi. The molecule has 0 radical (unpaired) electrons. The van der Waals surface area contributed by atoms with E-state index in [1.807, 2.05) is 0 Å². The largest absolute Gasteiger partial charge is 0.444 e. The number of sulfonamides is 1. The number of alkyl carbamates (subject to hydrolysis) is 1. The van der Waals surface area contributed by atoms with Crippen LogP contribution in [0.4, 0.5) is 13.6 Å². The molecule has 2 saturated carbocycles. The average molecular weight is 635 g/mol. The fourth-order valence-corrected chi connectivity index (χ4v) is 10.4. The van der Waals surface area contributed by atoms with E-state index in [1.165, 1.54) is 0 Å². The summed E-state index contributed by atoms with van der Waals surface area (Å²) in [4.78, 5) is 25.7. The second-order valence-electron chi connectivity index (χ2n) is 15.6. The van der Waals surface area contributed by atoms with E-state index in [1.54, 1.807) is 20.8 Å². The summed E-state index contributed by atoms with van der Waals surface area (Å²) in [6.07, 6.45) is 3.06. The first-order chi connectivity index (χ1) is 18.9. The summed E-state index contributed by atoms with van der Waals surface area (Å²) >= 11 is 0. The van der Waals surface area contributed by atoms with E-state index >= 15 is 8.78 Å². The highest BCUT2D eigenvalue weighted by Crippen LogP contribution is 2.70. The second-order valence-corrected chi connectivity index (χ2v) is 22.2. The van der Waals surface area contributed by atoms with Gasteiger partial charge in [-0.25, -0.2) is 17.5 Å². The molecule has 1 spiro atoms. The van der Waals surface area contributed by atoms with Gasteiger partial charge in [-0.2, -0.15) is 8.78 Å². The fourth-order valence-electron chi connectivity index (χ4n) is 6.76. The van der Waals surface area contributed by atoms with Gasteiger partial charge in [0.15, 0.2) is 8.32 Å². The normalized spacial score (nSPS) is 27.8. The van der Waals surface area contributed by atoms with E-state index in [0.717, 1.165) is 10.7 Å². The summed E-state index contributed by atoms with van der Waals surface area (Å²) < 4.78 is 69.8. The highest BCUT2D eigenvalue weighted by molar-refractivity contribution is 7.90. The molecule has 242 valence electrons. The monoisotopic (exact) mass is 634 g/mol.